The van der Waals surface area contributed by atoms with Gasteiger partial charge in [-0.25, -0.2) is 0 Å². The Balaban J connectivity index is 2.23. The molecule has 0 N–H and O–H groups in total. The zero-order valence-corrected chi connectivity index (χ0v) is 9.40. The van der Waals surface area contributed by atoms with E-state index in [0.29, 0.717) is 18.9 Å². The van der Waals surface area contributed by atoms with Crippen LogP contribution in [-0.4, -0.2) is 5.97 Å². The first-order valence-corrected chi connectivity index (χ1v) is 5.38. The van der Waals surface area contributed by atoms with Crippen LogP contribution in [0.1, 0.15) is 32.3 Å². The Kier molecular flexibility index (Phi) is 4.88. The number of ether oxygens (including phenoxy) is 1. The van der Waals surface area contributed by atoms with Crippen LogP contribution in [-0.2, 0) is 16.1 Å². The Morgan fingerprint density at radius 1 is 1.27 bits per heavy atom. The maximum Gasteiger partial charge on any atom is 0.306 e. The molecular weight excluding hydrogens is 188 g/mol. The molecule has 1 aromatic rings. The zero-order chi connectivity index (χ0) is 11.1. The quantitative estimate of drug-likeness (QED) is 0.692. The van der Waals surface area contributed by atoms with Gasteiger partial charge in [0.2, 0.25) is 0 Å². The molecule has 0 aliphatic heterocycles. The Bertz CT molecular complexity index is 291. The highest BCUT2D eigenvalue weighted by Crippen LogP contribution is 2.06. The monoisotopic (exact) mass is 206 g/mol. The normalized spacial score (nSPS) is 10.3. The van der Waals surface area contributed by atoms with Crippen LogP contribution >= 0.6 is 0 Å². The van der Waals surface area contributed by atoms with Crippen LogP contribution in [0.15, 0.2) is 30.3 Å². The number of esters is 1. The maximum absolute atomic E-state index is 11.3. The fourth-order valence-electron chi connectivity index (χ4n) is 1.22. The molecule has 0 fully saturated rings. The molecule has 15 heavy (non-hydrogen) atoms. The lowest BCUT2D eigenvalue weighted by atomic mass is 10.1. The van der Waals surface area contributed by atoms with Gasteiger partial charge in [0.05, 0.1) is 0 Å². The average molecular weight is 206 g/mol. The number of benzene rings is 1. The summed E-state index contributed by atoms with van der Waals surface area (Å²) in [5.41, 5.74) is 1.04. The van der Waals surface area contributed by atoms with Crippen molar-refractivity contribution < 1.29 is 9.53 Å². The van der Waals surface area contributed by atoms with Crippen LogP contribution in [0.4, 0.5) is 0 Å². The molecule has 0 unspecified atom stereocenters. The number of hydrogen-bond acceptors (Lipinski definition) is 2. The summed E-state index contributed by atoms with van der Waals surface area (Å²) < 4.78 is 5.14. The lowest BCUT2D eigenvalue weighted by molar-refractivity contribution is -0.145. The van der Waals surface area contributed by atoms with Crippen LogP contribution in [0.2, 0.25) is 0 Å². The third kappa shape index (κ3) is 5.21. The van der Waals surface area contributed by atoms with Gasteiger partial charge in [0.25, 0.3) is 0 Å². The van der Waals surface area contributed by atoms with Gasteiger partial charge in [-0.1, -0.05) is 44.2 Å². The van der Waals surface area contributed by atoms with Crippen LogP contribution in [0.3, 0.4) is 0 Å². The molecule has 0 saturated carbocycles. The van der Waals surface area contributed by atoms with Gasteiger partial charge in [0.15, 0.2) is 0 Å². The second-order valence-electron chi connectivity index (χ2n) is 4.08. The van der Waals surface area contributed by atoms with E-state index in [-0.39, 0.29) is 5.97 Å². The van der Waals surface area contributed by atoms with Crippen LogP contribution in [0, 0.1) is 5.92 Å². The van der Waals surface area contributed by atoms with E-state index in [4.69, 9.17) is 4.74 Å². The molecule has 82 valence electrons. The Hall–Kier alpha value is -1.31. The Morgan fingerprint density at radius 2 is 1.93 bits per heavy atom. The van der Waals surface area contributed by atoms with Gasteiger partial charge < -0.3 is 4.74 Å². The van der Waals surface area contributed by atoms with E-state index in [1.165, 1.54) is 0 Å². The Labute approximate surface area is 91.3 Å². The number of carbonyl (C=O) groups is 1. The van der Waals surface area contributed by atoms with Crippen molar-refractivity contribution >= 4 is 5.97 Å². The molecule has 0 aliphatic carbocycles. The number of hydrogen-bond donors (Lipinski definition) is 0. The summed E-state index contributed by atoms with van der Waals surface area (Å²) in [7, 11) is 0. The molecular formula is C13H18O2. The molecule has 0 aromatic heterocycles. The largest absolute Gasteiger partial charge is 0.461 e. The van der Waals surface area contributed by atoms with E-state index in [1.807, 2.05) is 30.3 Å². The second-order valence-corrected chi connectivity index (χ2v) is 4.08. The summed E-state index contributed by atoms with van der Waals surface area (Å²) in [5, 5.41) is 0. The first-order valence-electron chi connectivity index (χ1n) is 5.38. The van der Waals surface area contributed by atoms with Gasteiger partial charge >= 0.3 is 5.97 Å². The highest BCUT2D eigenvalue weighted by molar-refractivity contribution is 5.69. The molecule has 1 rings (SSSR count). The van der Waals surface area contributed by atoms with Crippen molar-refractivity contribution in [2.45, 2.75) is 33.3 Å². The lowest BCUT2D eigenvalue weighted by Crippen LogP contribution is -2.05. The van der Waals surface area contributed by atoms with Gasteiger partial charge in [-0.05, 0) is 17.9 Å². The highest BCUT2D eigenvalue weighted by atomic mass is 16.5. The molecule has 0 spiro atoms. The fourth-order valence-corrected chi connectivity index (χ4v) is 1.22. The zero-order valence-electron chi connectivity index (χ0n) is 9.40. The molecule has 0 atom stereocenters. The predicted octanol–water partition coefficient (Wildman–Crippen LogP) is 3.17. The topological polar surface area (TPSA) is 26.3 Å². The molecule has 1 aromatic carbocycles. The van der Waals surface area contributed by atoms with Crippen LogP contribution < -0.4 is 0 Å². The van der Waals surface area contributed by atoms with Gasteiger partial charge in [0, 0.05) is 6.42 Å². The first kappa shape index (κ1) is 11.8. The second kappa shape index (κ2) is 6.23. The van der Waals surface area contributed by atoms with Crippen molar-refractivity contribution in [1.82, 2.24) is 0 Å². The van der Waals surface area contributed by atoms with Crippen molar-refractivity contribution in [3.63, 3.8) is 0 Å². The van der Waals surface area contributed by atoms with E-state index in [9.17, 15) is 4.79 Å². The van der Waals surface area contributed by atoms with E-state index in [2.05, 4.69) is 13.8 Å². The van der Waals surface area contributed by atoms with Crippen molar-refractivity contribution in [3.05, 3.63) is 35.9 Å². The molecule has 0 saturated heterocycles. The van der Waals surface area contributed by atoms with Gasteiger partial charge in [-0.3, -0.25) is 4.79 Å². The van der Waals surface area contributed by atoms with Crippen molar-refractivity contribution in [2.24, 2.45) is 5.92 Å². The van der Waals surface area contributed by atoms with E-state index < -0.39 is 0 Å². The van der Waals surface area contributed by atoms with E-state index >= 15 is 0 Å². The minimum absolute atomic E-state index is 0.104. The molecule has 2 nitrogen and oxygen atoms in total. The molecule has 0 aliphatic rings. The van der Waals surface area contributed by atoms with Crippen LogP contribution in [0.25, 0.3) is 0 Å². The van der Waals surface area contributed by atoms with E-state index in [1.54, 1.807) is 0 Å². The molecule has 2 heteroatoms. The average Bonchev–Trinajstić information content (AvgIpc) is 2.25. The summed E-state index contributed by atoms with van der Waals surface area (Å²) in [5.74, 6) is 0.446. The maximum atomic E-state index is 11.3. The minimum atomic E-state index is -0.104. The smallest absolute Gasteiger partial charge is 0.306 e. The molecule has 0 radical (unpaired) electrons. The van der Waals surface area contributed by atoms with Gasteiger partial charge in [-0.2, -0.15) is 0 Å². The molecule has 0 heterocycles. The predicted molar refractivity (Wildman–Crippen MR) is 60.3 cm³/mol. The van der Waals surface area contributed by atoms with Crippen molar-refractivity contribution in [3.8, 4) is 0 Å². The Morgan fingerprint density at radius 3 is 2.53 bits per heavy atom. The summed E-state index contributed by atoms with van der Waals surface area (Å²) >= 11 is 0. The highest BCUT2D eigenvalue weighted by Gasteiger charge is 2.04. The number of rotatable bonds is 5. The summed E-state index contributed by atoms with van der Waals surface area (Å²) in [6, 6.07) is 9.74. The third-order valence-corrected chi connectivity index (χ3v) is 2.17. The summed E-state index contributed by atoms with van der Waals surface area (Å²) in [4.78, 5) is 11.3. The summed E-state index contributed by atoms with van der Waals surface area (Å²) in [6.45, 7) is 4.59. The number of carbonyl (C=O) groups excluding carboxylic acids is 1. The fraction of sp³-hybridized carbons (Fsp3) is 0.462. The van der Waals surface area contributed by atoms with E-state index in [0.717, 1.165) is 12.0 Å². The summed E-state index contributed by atoms with van der Waals surface area (Å²) in [6.07, 6.45) is 1.41. The molecule has 0 amide bonds. The van der Waals surface area contributed by atoms with Crippen LogP contribution in [0.5, 0.6) is 0 Å². The van der Waals surface area contributed by atoms with Crippen molar-refractivity contribution in [1.29, 1.82) is 0 Å². The van der Waals surface area contributed by atoms with Gasteiger partial charge in [-0.15, -0.1) is 0 Å². The minimum Gasteiger partial charge on any atom is -0.461 e. The third-order valence-electron chi connectivity index (χ3n) is 2.17. The first-order chi connectivity index (χ1) is 7.18. The standard InChI is InChI=1S/C13H18O2/c1-11(2)8-9-13(14)15-10-12-6-4-3-5-7-12/h3-7,11H,8-10H2,1-2H3. The molecule has 0 bridgehead atoms. The lowest BCUT2D eigenvalue weighted by Gasteiger charge is -2.06. The SMILES string of the molecule is CC(C)CCC(=O)OCc1ccccc1. The van der Waals surface area contributed by atoms with Gasteiger partial charge in [0.1, 0.15) is 6.61 Å². The van der Waals surface area contributed by atoms with Crippen molar-refractivity contribution in [2.75, 3.05) is 0 Å².